The molecule has 1 fully saturated rings. The minimum Gasteiger partial charge on any atom is -0.456 e. The van der Waals surface area contributed by atoms with Crippen LogP contribution in [0, 0.1) is 5.92 Å². The molecule has 0 bridgehead atoms. The Kier molecular flexibility index (Phi) is 7.61. The third-order valence-corrected chi connectivity index (χ3v) is 10.9. The van der Waals surface area contributed by atoms with Crippen LogP contribution in [0.15, 0.2) is 132 Å². The molecular formula is C36H29Cl2N2O2P. The molecule has 1 aliphatic carbocycles. The summed E-state index contributed by atoms with van der Waals surface area (Å²) in [7, 11) is -3.41. The van der Waals surface area contributed by atoms with Crippen molar-refractivity contribution in [1.82, 2.24) is 4.78 Å². The van der Waals surface area contributed by atoms with Crippen molar-refractivity contribution in [2.75, 3.05) is 0 Å². The minimum atomic E-state index is -3.41. The van der Waals surface area contributed by atoms with E-state index in [1.54, 1.807) is 11.6 Å². The van der Waals surface area contributed by atoms with E-state index in [0.717, 1.165) is 47.2 Å². The number of hydrazone groups is 1. The largest absolute Gasteiger partial charge is 0.456 e. The maximum atomic E-state index is 15.4. The van der Waals surface area contributed by atoms with Crippen molar-refractivity contribution in [3.8, 4) is 0 Å². The zero-order valence-electron chi connectivity index (χ0n) is 23.3. The molecule has 0 amide bonds. The topological polar surface area (TPSA) is 41.9 Å². The predicted molar refractivity (Wildman–Crippen MR) is 178 cm³/mol. The Bertz CT molecular complexity index is 1760. The van der Waals surface area contributed by atoms with Crippen LogP contribution in [0.1, 0.15) is 47.6 Å². The van der Waals surface area contributed by atoms with Gasteiger partial charge in [0.05, 0.1) is 11.8 Å². The number of allylic oxidation sites excluding steroid dienone is 1. The van der Waals surface area contributed by atoms with E-state index in [-0.39, 0.29) is 12.0 Å². The maximum Gasteiger partial charge on any atom is 0.238 e. The minimum absolute atomic E-state index is 0.0734. The molecule has 7 heteroatoms. The highest BCUT2D eigenvalue weighted by Gasteiger charge is 2.48. The van der Waals surface area contributed by atoms with Crippen molar-refractivity contribution < 1.29 is 9.30 Å². The van der Waals surface area contributed by atoms with Crippen molar-refractivity contribution in [3.63, 3.8) is 0 Å². The Hall–Kier alpha value is -3.82. The van der Waals surface area contributed by atoms with Gasteiger partial charge in [-0.15, -0.1) is 0 Å². The smallest absolute Gasteiger partial charge is 0.238 e. The molecule has 2 heterocycles. The fraction of sp³-hybridized carbons (Fsp3) is 0.139. The number of hydrogen-bond donors (Lipinski definition) is 0. The van der Waals surface area contributed by atoms with Crippen LogP contribution in [-0.2, 0) is 9.30 Å². The predicted octanol–water partition coefficient (Wildman–Crippen LogP) is 10.9. The molecule has 2 aliphatic heterocycles. The molecule has 4 aromatic carbocycles. The van der Waals surface area contributed by atoms with E-state index in [0.29, 0.717) is 21.6 Å². The summed E-state index contributed by atoms with van der Waals surface area (Å²) < 4.78 is 23.7. The highest BCUT2D eigenvalue weighted by Crippen LogP contribution is 2.65. The van der Waals surface area contributed by atoms with E-state index in [1.165, 1.54) is 5.57 Å². The molecule has 43 heavy (non-hydrogen) atoms. The molecule has 0 saturated heterocycles. The van der Waals surface area contributed by atoms with Gasteiger partial charge in [-0.25, -0.2) is 4.78 Å². The van der Waals surface area contributed by atoms with Crippen molar-refractivity contribution in [3.05, 3.63) is 159 Å². The van der Waals surface area contributed by atoms with Crippen molar-refractivity contribution in [1.29, 1.82) is 0 Å². The molecule has 7 rings (SSSR count). The molecule has 0 unspecified atom stereocenters. The second kappa shape index (κ2) is 11.7. The number of benzene rings is 4. The van der Waals surface area contributed by atoms with Gasteiger partial charge in [-0.3, -0.25) is 4.57 Å². The van der Waals surface area contributed by atoms with E-state index in [1.807, 2.05) is 114 Å². The van der Waals surface area contributed by atoms with Crippen molar-refractivity contribution >= 4 is 53.8 Å². The Morgan fingerprint density at radius 1 is 0.767 bits per heavy atom. The first-order valence-corrected chi connectivity index (χ1v) is 17.0. The number of hydrogen-bond acceptors (Lipinski definition) is 3. The van der Waals surface area contributed by atoms with E-state index in [2.05, 4.69) is 6.08 Å². The summed E-state index contributed by atoms with van der Waals surface area (Å²) in [6.07, 6.45) is 5.06. The van der Waals surface area contributed by atoms with Crippen molar-refractivity contribution in [2.45, 2.75) is 25.3 Å². The summed E-state index contributed by atoms with van der Waals surface area (Å²) >= 11 is 12.5. The Labute approximate surface area is 262 Å². The molecular weight excluding hydrogens is 594 g/mol. The van der Waals surface area contributed by atoms with E-state index in [4.69, 9.17) is 33.0 Å². The van der Waals surface area contributed by atoms with Gasteiger partial charge in [0.15, 0.2) is 0 Å². The third-order valence-electron chi connectivity index (χ3n) is 8.17. The van der Waals surface area contributed by atoms with Crippen molar-refractivity contribution in [2.24, 2.45) is 11.0 Å². The highest BCUT2D eigenvalue weighted by molar-refractivity contribution is 7.68. The number of rotatable bonds is 5. The Morgan fingerprint density at radius 3 is 1.91 bits per heavy atom. The zero-order valence-corrected chi connectivity index (χ0v) is 25.7. The average molecular weight is 624 g/mol. The quantitative estimate of drug-likeness (QED) is 0.208. The zero-order chi connectivity index (χ0) is 29.4. The van der Waals surface area contributed by atoms with Gasteiger partial charge in [0.25, 0.3) is 0 Å². The van der Waals surface area contributed by atoms with Crippen LogP contribution < -0.4 is 0 Å². The number of halogens is 2. The molecule has 1 saturated carbocycles. The van der Waals surface area contributed by atoms with Gasteiger partial charge in [0.2, 0.25) is 7.29 Å². The van der Waals surface area contributed by atoms with Crippen LogP contribution in [0.25, 0.3) is 17.6 Å². The van der Waals surface area contributed by atoms with Gasteiger partial charge in [-0.2, -0.15) is 5.10 Å². The summed E-state index contributed by atoms with van der Waals surface area (Å²) in [6, 6.07) is 35.1. The summed E-state index contributed by atoms with van der Waals surface area (Å²) in [5.41, 5.74) is 5.98. The molecule has 0 aromatic heterocycles. The Morgan fingerprint density at radius 2 is 1.33 bits per heavy atom. The van der Waals surface area contributed by atoms with Gasteiger partial charge < -0.3 is 4.74 Å². The second-order valence-corrected chi connectivity index (χ2v) is 14.2. The first-order chi connectivity index (χ1) is 21.0. The lowest BCUT2D eigenvalue weighted by Gasteiger charge is -2.34. The molecule has 214 valence electrons. The molecule has 4 aromatic rings. The maximum absolute atomic E-state index is 15.4. The third kappa shape index (κ3) is 5.63. The summed E-state index contributed by atoms with van der Waals surface area (Å²) in [5.74, 6) is 4.76. The first-order valence-electron chi connectivity index (χ1n) is 14.4. The normalized spacial score (nSPS) is 21.9. The van der Waals surface area contributed by atoms with Crippen LogP contribution in [0.3, 0.4) is 0 Å². The van der Waals surface area contributed by atoms with Gasteiger partial charge in [0.1, 0.15) is 11.5 Å². The van der Waals surface area contributed by atoms with E-state index >= 15 is 4.57 Å². The van der Waals surface area contributed by atoms with Gasteiger partial charge in [0, 0.05) is 38.7 Å². The molecule has 0 spiro atoms. The molecule has 4 nitrogen and oxygen atoms in total. The second-order valence-electron chi connectivity index (χ2n) is 11.0. The van der Waals surface area contributed by atoms with Crippen LogP contribution >= 0.6 is 30.5 Å². The fourth-order valence-corrected chi connectivity index (χ4v) is 8.68. The van der Waals surface area contributed by atoms with Gasteiger partial charge in [-0.1, -0.05) is 108 Å². The van der Waals surface area contributed by atoms with Crippen LogP contribution in [0.5, 0.6) is 0 Å². The molecule has 0 radical (unpaired) electrons. The van der Waals surface area contributed by atoms with E-state index in [9.17, 15) is 0 Å². The van der Waals surface area contributed by atoms with Crippen LogP contribution in [0.2, 0.25) is 10.0 Å². The Balaban J connectivity index is 1.40. The first kappa shape index (κ1) is 28.0. The highest BCUT2D eigenvalue weighted by atomic mass is 35.5. The average Bonchev–Trinajstić information content (AvgIpc) is 3.45. The lowest BCUT2D eigenvalue weighted by Crippen LogP contribution is -2.27. The molecule has 0 N–H and O–H groups in total. The van der Waals surface area contributed by atoms with Crippen LogP contribution in [0.4, 0.5) is 0 Å². The summed E-state index contributed by atoms with van der Waals surface area (Å²) in [4.78, 5) is 0. The summed E-state index contributed by atoms with van der Waals surface area (Å²) in [5, 5.41) is 6.62. The number of fused-ring (bicyclic) bond motifs is 1. The number of nitrogens with zero attached hydrogens (tertiary/aromatic N) is 2. The number of ether oxygens (including phenoxy) is 1. The van der Waals surface area contributed by atoms with Crippen LogP contribution in [-0.4, -0.2) is 10.5 Å². The molecule has 3 aliphatic rings. The lowest BCUT2D eigenvalue weighted by atomic mass is 9.78. The summed E-state index contributed by atoms with van der Waals surface area (Å²) in [6.45, 7) is 0. The lowest BCUT2D eigenvalue weighted by molar-refractivity contribution is 0.313. The molecule has 2 atom stereocenters. The van der Waals surface area contributed by atoms with Gasteiger partial charge in [-0.05, 0) is 66.3 Å². The SMILES string of the molecule is O=P1(N2N=C3/C(=C/c4ccc(Cl)cc4)CCC[C@H]3[C@@H]2c2ccc(Cl)cc2)C=C(c2ccccc2)OC(c2ccccc2)=C1. The monoisotopic (exact) mass is 622 g/mol. The van der Waals surface area contributed by atoms with E-state index < -0.39 is 7.29 Å². The fourth-order valence-electron chi connectivity index (χ4n) is 6.13. The standard InChI is InChI=1S/C36H29Cl2N2O2P/c37-30-18-14-25(15-19-30)22-29-12-7-13-32-35(29)39-40(36(32)28-16-20-31(38)21-17-28)43(41)23-33(26-8-3-1-4-9-26)42-34(24-43)27-10-5-2-6-11-27/h1-6,8-11,14-24,32,36H,7,12-13H2/b29-22+/t32-,36+/m1/s1. The van der Waals surface area contributed by atoms with Gasteiger partial charge >= 0.3 is 0 Å².